The molecule has 1 saturated heterocycles. The first-order valence-electron chi connectivity index (χ1n) is 7.86. The van der Waals surface area contributed by atoms with Crippen LogP contribution in [0.1, 0.15) is 35.6 Å². The van der Waals surface area contributed by atoms with Crippen LogP contribution in [-0.4, -0.2) is 34.8 Å². The van der Waals surface area contributed by atoms with E-state index in [1.165, 1.54) is 5.06 Å². The molecule has 0 radical (unpaired) electrons. The quantitative estimate of drug-likeness (QED) is 0.809. The predicted molar refractivity (Wildman–Crippen MR) is 86.5 cm³/mol. The van der Waals surface area contributed by atoms with Gasteiger partial charge in [-0.05, 0) is 56.4 Å². The Morgan fingerprint density at radius 3 is 2.57 bits per heavy atom. The van der Waals surface area contributed by atoms with Gasteiger partial charge < -0.3 is 9.84 Å². The zero-order chi connectivity index (χ0) is 16.9. The average molecular weight is 317 g/mol. The van der Waals surface area contributed by atoms with E-state index in [0.29, 0.717) is 31.7 Å². The average Bonchev–Trinajstić information content (AvgIpc) is 2.96. The van der Waals surface area contributed by atoms with Crippen molar-refractivity contribution in [3.63, 3.8) is 0 Å². The molecule has 1 aromatic carbocycles. The summed E-state index contributed by atoms with van der Waals surface area (Å²) in [5.41, 5.74) is 3.42. The van der Waals surface area contributed by atoms with Crippen molar-refractivity contribution in [3.05, 3.63) is 34.4 Å². The van der Waals surface area contributed by atoms with Crippen molar-refractivity contribution in [2.75, 3.05) is 13.2 Å². The Labute approximate surface area is 136 Å². The first-order valence-corrected chi connectivity index (χ1v) is 7.86. The van der Waals surface area contributed by atoms with Crippen molar-refractivity contribution in [2.24, 2.45) is 0 Å². The van der Waals surface area contributed by atoms with Crippen LogP contribution in [0.4, 0.5) is 0 Å². The summed E-state index contributed by atoms with van der Waals surface area (Å²) in [5, 5.41) is 11.6. The Morgan fingerprint density at radius 2 is 1.96 bits per heavy atom. The number of fused-ring (bicyclic) bond motifs is 1. The van der Waals surface area contributed by atoms with Crippen LogP contribution in [0.3, 0.4) is 0 Å². The highest BCUT2D eigenvalue weighted by Gasteiger charge is 2.44. The molecule has 0 saturated carbocycles. The molecule has 23 heavy (non-hydrogen) atoms. The molecular formula is C18H23NO4. The Kier molecular flexibility index (Phi) is 3.64. The van der Waals surface area contributed by atoms with Crippen LogP contribution in [0.25, 0.3) is 0 Å². The summed E-state index contributed by atoms with van der Waals surface area (Å²) in [6, 6.07) is 0. The van der Waals surface area contributed by atoms with E-state index in [1.807, 2.05) is 20.8 Å². The smallest absolute Gasteiger partial charge is 0.290 e. The number of ether oxygens (including phenoxy) is 1. The number of aromatic hydroxyl groups is 1. The van der Waals surface area contributed by atoms with E-state index >= 15 is 0 Å². The third-order valence-corrected chi connectivity index (χ3v) is 4.99. The number of rotatable bonds is 1. The second kappa shape index (κ2) is 5.27. The van der Waals surface area contributed by atoms with Crippen LogP contribution in [0.5, 0.6) is 11.5 Å². The van der Waals surface area contributed by atoms with Gasteiger partial charge in [0, 0.05) is 12.0 Å². The van der Waals surface area contributed by atoms with Crippen molar-refractivity contribution >= 4 is 5.91 Å². The van der Waals surface area contributed by atoms with E-state index in [-0.39, 0.29) is 5.91 Å². The summed E-state index contributed by atoms with van der Waals surface area (Å²) in [5.74, 6) is 0.862. The molecule has 5 heteroatoms. The summed E-state index contributed by atoms with van der Waals surface area (Å²) >= 11 is 0. The van der Waals surface area contributed by atoms with E-state index < -0.39 is 5.60 Å². The molecular weight excluding hydrogens is 294 g/mol. The van der Waals surface area contributed by atoms with Gasteiger partial charge in [0.2, 0.25) is 0 Å². The maximum Gasteiger partial charge on any atom is 0.290 e. The first-order chi connectivity index (χ1) is 10.7. The molecule has 0 bridgehead atoms. The van der Waals surface area contributed by atoms with Gasteiger partial charge in [-0.2, -0.15) is 0 Å². The number of benzene rings is 1. The molecule has 1 aromatic rings. The Bertz CT molecular complexity index is 710. The van der Waals surface area contributed by atoms with E-state index in [2.05, 4.69) is 6.58 Å². The molecule has 2 heterocycles. The fraction of sp³-hybridized carbons (Fsp3) is 0.500. The van der Waals surface area contributed by atoms with E-state index in [0.717, 1.165) is 33.6 Å². The highest BCUT2D eigenvalue weighted by molar-refractivity contribution is 5.85. The van der Waals surface area contributed by atoms with Gasteiger partial charge >= 0.3 is 0 Å². The van der Waals surface area contributed by atoms with Gasteiger partial charge in [-0.25, -0.2) is 5.06 Å². The molecule has 1 amide bonds. The van der Waals surface area contributed by atoms with Crippen molar-refractivity contribution in [1.82, 2.24) is 5.06 Å². The van der Waals surface area contributed by atoms with E-state index in [9.17, 15) is 9.90 Å². The number of hydrogen-bond donors (Lipinski definition) is 1. The molecule has 1 atom stereocenters. The Hall–Kier alpha value is -2.01. The fourth-order valence-electron chi connectivity index (χ4n) is 3.26. The summed E-state index contributed by atoms with van der Waals surface area (Å²) in [6.45, 7) is 12.1. The van der Waals surface area contributed by atoms with E-state index in [4.69, 9.17) is 9.57 Å². The normalized spacial score (nSPS) is 23.7. The largest absolute Gasteiger partial charge is 0.507 e. The summed E-state index contributed by atoms with van der Waals surface area (Å²) < 4.78 is 6.16. The SMILES string of the molecule is C=C1CON(C(=O)C2(C)CCc3c(C)c(O)c(C)c(C)c3O2)C1. The molecule has 2 aliphatic rings. The van der Waals surface area contributed by atoms with Gasteiger partial charge in [-0.15, -0.1) is 0 Å². The highest BCUT2D eigenvalue weighted by Crippen LogP contribution is 2.43. The zero-order valence-electron chi connectivity index (χ0n) is 14.2. The monoisotopic (exact) mass is 317 g/mol. The van der Waals surface area contributed by atoms with Crippen LogP contribution in [0.2, 0.25) is 0 Å². The molecule has 1 N–H and O–H groups in total. The Morgan fingerprint density at radius 1 is 1.26 bits per heavy atom. The minimum atomic E-state index is -0.960. The van der Waals surface area contributed by atoms with Gasteiger partial charge in [0.05, 0.1) is 13.2 Å². The van der Waals surface area contributed by atoms with Crippen molar-refractivity contribution in [2.45, 2.75) is 46.1 Å². The van der Waals surface area contributed by atoms with Crippen molar-refractivity contribution < 1.29 is 19.5 Å². The highest BCUT2D eigenvalue weighted by atomic mass is 16.7. The van der Waals surface area contributed by atoms with Crippen LogP contribution in [0, 0.1) is 20.8 Å². The lowest BCUT2D eigenvalue weighted by Crippen LogP contribution is -2.51. The van der Waals surface area contributed by atoms with Crippen LogP contribution < -0.4 is 4.74 Å². The van der Waals surface area contributed by atoms with Gasteiger partial charge in [0.15, 0.2) is 5.60 Å². The standard InChI is InChI=1S/C18H23NO4/c1-10-8-19(22-9-10)17(21)18(5)7-6-14-13(4)15(20)11(2)12(3)16(14)23-18/h20H,1,6-9H2,2-5H3. The number of nitrogens with zero attached hydrogens (tertiary/aromatic N) is 1. The third-order valence-electron chi connectivity index (χ3n) is 4.99. The molecule has 3 rings (SSSR count). The summed E-state index contributed by atoms with van der Waals surface area (Å²) in [6.07, 6.45) is 1.24. The minimum absolute atomic E-state index is 0.176. The van der Waals surface area contributed by atoms with Crippen molar-refractivity contribution in [3.8, 4) is 11.5 Å². The number of hydroxylamine groups is 2. The van der Waals surface area contributed by atoms with Crippen LogP contribution in [-0.2, 0) is 16.1 Å². The van der Waals surface area contributed by atoms with Gasteiger partial charge in [-0.3, -0.25) is 9.63 Å². The lowest BCUT2D eigenvalue weighted by molar-refractivity contribution is -0.185. The second-order valence-corrected chi connectivity index (χ2v) is 6.73. The maximum absolute atomic E-state index is 12.8. The second-order valence-electron chi connectivity index (χ2n) is 6.73. The Balaban J connectivity index is 1.96. The molecule has 0 aromatic heterocycles. The number of phenols is 1. The first kappa shape index (κ1) is 15.9. The third kappa shape index (κ3) is 2.39. The fourth-order valence-corrected chi connectivity index (χ4v) is 3.26. The van der Waals surface area contributed by atoms with Gasteiger partial charge in [-0.1, -0.05) is 6.58 Å². The molecule has 1 unspecified atom stereocenters. The number of carbonyl (C=O) groups excluding carboxylic acids is 1. The van der Waals surface area contributed by atoms with Gasteiger partial charge in [0.1, 0.15) is 11.5 Å². The van der Waals surface area contributed by atoms with Crippen LogP contribution >= 0.6 is 0 Å². The van der Waals surface area contributed by atoms with Crippen LogP contribution in [0.15, 0.2) is 12.2 Å². The maximum atomic E-state index is 12.8. The molecule has 2 aliphatic heterocycles. The minimum Gasteiger partial charge on any atom is -0.507 e. The molecule has 0 aliphatic carbocycles. The zero-order valence-corrected chi connectivity index (χ0v) is 14.2. The number of phenolic OH excluding ortho intramolecular Hbond substituents is 1. The molecule has 124 valence electrons. The number of hydrogen-bond acceptors (Lipinski definition) is 4. The van der Waals surface area contributed by atoms with Gasteiger partial charge in [0.25, 0.3) is 5.91 Å². The molecule has 1 fully saturated rings. The molecule has 5 nitrogen and oxygen atoms in total. The lowest BCUT2D eigenvalue weighted by atomic mass is 9.86. The molecule has 0 spiro atoms. The van der Waals surface area contributed by atoms with E-state index in [1.54, 1.807) is 6.92 Å². The summed E-state index contributed by atoms with van der Waals surface area (Å²) in [4.78, 5) is 18.2. The number of carbonyl (C=O) groups is 1. The topological polar surface area (TPSA) is 59.0 Å². The summed E-state index contributed by atoms with van der Waals surface area (Å²) in [7, 11) is 0. The lowest BCUT2D eigenvalue weighted by Gasteiger charge is -2.38. The van der Waals surface area contributed by atoms with Crippen molar-refractivity contribution in [1.29, 1.82) is 0 Å². The number of amides is 1. The predicted octanol–water partition coefficient (Wildman–Crippen LogP) is 2.73.